The van der Waals surface area contributed by atoms with E-state index in [0.29, 0.717) is 5.92 Å². The maximum Gasteiger partial charge on any atom is 0.126 e. The SMILES string of the molecule is CC(C)(C=O)C1CCc2cc(Br)ccc21. The number of rotatable bonds is 2. The van der Waals surface area contributed by atoms with Crippen molar-refractivity contribution >= 4 is 22.2 Å². The standard InChI is InChI=1S/C13H15BrO/c1-13(2,8-15)12-6-3-9-7-10(14)4-5-11(9)12/h4-5,7-8,12H,3,6H2,1-2H3. The van der Waals surface area contributed by atoms with Gasteiger partial charge >= 0.3 is 0 Å². The van der Waals surface area contributed by atoms with Crippen LogP contribution in [0.15, 0.2) is 22.7 Å². The van der Waals surface area contributed by atoms with Crippen LogP contribution in [0.5, 0.6) is 0 Å². The molecule has 1 nitrogen and oxygen atoms in total. The van der Waals surface area contributed by atoms with Gasteiger partial charge in [0.25, 0.3) is 0 Å². The molecule has 1 aliphatic rings. The molecule has 80 valence electrons. The van der Waals surface area contributed by atoms with Crippen molar-refractivity contribution in [2.75, 3.05) is 0 Å². The zero-order valence-corrected chi connectivity index (χ0v) is 10.7. The number of aldehydes is 1. The number of carbonyl (C=O) groups excluding carboxylic acids is 1. The van der Waals surface area contributed by atoms with E-state index < -0.39 is 0 Å². The van der Waals surface area contributed by atoms with Gasteiger partial charge in [0, 0.05) is 9.89 Å². The number of fused-ring (bicyclic) bond motifs is 1. The fourth-order valence-electron chi connectivity index (χ4n) is 2.44. The lowest BCUT2D eigenvalue weighted by Crippen LogP contribution is -2.21. The van der Waals surface area contributed by atoms with Gasteiger partial charge in [0.15, 0.2) is 0 Å². The first kappa shape index (κ1) is 10.9. The Labute approximate surface area is 99.0 Å². The molecule has 1 atom stereocenters. The number of halogens is 1. The third-order valence-corrected chi connectivity index (χ3v) is 3.88. The lowest BCUT2D eigenvalue weighted by molar-refractivity contribution is -0.115. The predicted molar refractivity (Wildman–Crippen MR) is 65.0 cm³/mol. The number of hydrogen-bond acceptors (Lipinski definition) is 1. The molecule has 0 fully saturated rings. The Morgan fingerprint density at radius 1 is 1.47 bits per heavy atom. The third-order valence-electron chi connectivity index (χ3n) is 3.38. The quantitative estimate of drug-likeness (QED) is 0.746. The molecule has 2 heteroatoms. The van der Waals surface area contributed by atoms with Gasteiger partial charge in [-0.1, -0.05) is 35.8 Å². The van der Waals surface area contributed by atoms with Crippen LogP contribution in [0.2, 0.25) is 0 Å². The van der Waals surface area contributed by atoms with Gasteiger partial charge < -0.3 is 4.79 Å². The number of benzene rings is 1. The summed E-state index contributed by atoms with van der Waals surface area (Å²) < 4.78 is 1.13. The smallest absolute Gasteiger partial charge is 0.126 e. The van der Waals surface area contributed by atoms with Crippen molar-refractivity contribution < 1.29 is 4.79 Å². The fourth-order valence-corrected chi connectivity index (χ4v) is 2.85. The summed E-state index contributed by atoms with van der Waals surface area (Å²) in [7, 11) is 0. The molecule has 0 radical (unpaired) electrons. The van der Waals surface area contributed by atoms with Crippen LogP contribution >= 0.6 is 15.9 Å². The summed E-state index contributed by atoms with van der Waals surface area (Å²) in [4.78, 5) is 11.1. The van der Waals surface area contributed by atoms with Crippen LogP contribution in [-0.4, -0.2) is 6.29 Å². The largest absolute Gasteiger partial charge is 0.303 e. The van der Waals surface area contributed by atoms with E-state index in [1.54, 1.807) is 0 Å². The van der Waals surface area contributed by atoms with Crippen LogP contribution in [-0.2, 0) is 11.2 Å². The second kappa shape index (κ2) is 3.75. The van der Waals surface area contributed by atoms with Gasteiger partial charge in [-0.3, -0.25) is 0 Å². The molecular formula is C13H15BrO. The highest BCUT2D eigenvalue weighted by atomic mass is 79.9. The van der Waals surface area contributed by atoms with Gasteiger partial charge in [-0.05, 0) is 42.0 Å². The van der Waals surface area contributed by atoms with Crippen molar-refractivity contribution in [3.8, 4) is 0 Å². The summed E-state index contributed by atoms with van der Waals surface area (Å²) in [6.07, 6.45) is 3.28. The minimum Gasteiger partial charge on any atom is -0.303 e. The van der Waals surface area contributed by atoms with E-state index >= 15 is 0 Å². The minimum atomic E-state index is -0.237. The van der Waals surface area contributed by atoms with Gasteiger partial charge in [0.1, 0.15) is 6.29 Å². The Bertz CT molecular complexity index is 396. The molecule has 0 saturated heterocycles. The third kappa shape index (κ3) is 1.87. The Morgan fingerprint density at radius 3 is 2.87 bits per heavy atom. The molecule has 0 aromatic heterocycles. The van der Waals surface area contributed by atoms with E-state index in [9.17, 15) is 4.79 Å². The second-order valence-electron chi connectivity index (χ2n) is 4.87. The topological polar surface area (TPSA) is 17.1 Å². The highest BCUT2D eigenvalue weighted by molar-refractivity contribution is 9.10. The average Bonchev–Trinajstić information content (AvgIpc) is 2.61. The van der Waals surface area contributed by atoms with Crippen LogP contribution in [0.4, 0.5) is 0 Å². The van der Waals surface area contributed by atoms with Crippen LogP contribution in [0.25, 0.3) is 0 Å². The molecule has 1 aromatic rings. The minimum absolute atomic E-state index is 0.237. The van der Waals surface area contributed by atoms with Crippen LogP contribution < -0.4 is 0 Å². The van der Waals surface area contributed by atoms with Gasteiger partial charge in [-0.25, -0.2) is 0 Å². The first-order valence-corrected chi connectivity index (χ1v) is 6.08. The van der Waals surface area contributed by atoms with E-state index in [4.69, 9.17) is 0 Å². The summed E-state index contributed by atoms with van der Waals surface area (Å²) in [5.41, 5.74) is 2.51. The van der Waals surface area contributed by atoms with Crippen LogP contribution in [0.3, 0.4) is 0 Å². The van der Waals surface area contributed by atoms with Gasteiger partial charge in [0.05, 0.1) is 0 Å². The summed E-state index contributed by atoms with van der Waals surface area (Å²) >= 11 is 3.48. The Kier molecular flexibility index (Phi) is 2.72. The zero-order chi connectivity index (χ0) is 11.1. The van der Waals surface area contributed by atoms with Gasteiger partial charge in [0.2, 0.25) is 0 Å². The van der Waals surface area contributed by atoms with E-state index in [1.807, 2.05) is 13.8 Å². The molecule has 1 unspecified atom stereocenters. The molecular weight excluding hydrogens is 252 g/mol. The summed E-state index contributed by atoms with van der Waals surface area (Å²) in [6.45, 7) is 4.06. The normalized spacial score (nSPS) is 20.1. The maximum atomic E-state index is 11.1. The Balaban J connectivity index is 2.41. The summed E-state index contributed by atoms with van der Waals surface area (Å²) in [5, 5.41) is 0. The van der Waals surface area contributed by atoms with Crippen molar-refractivity contribution in [1.29, 1.82) is 0 Å². The number of hydrogen-bond donors (Lipinski definition) is 0. The monoisotopic (exact) mass is 266 g/mol. The van der Waals surface area contributed by atoms with E-state index in [0.717, 1.165) is 23.6 Å². The van der Waals surface area contributed by atoms with E-state index in [-0.39, 0.29) is 5.41 Å². The molecule has 0 amide bonds. The first-order chi connectivity index (χ1) is 7.04. The average molecular weight is 267 g/mol. The lowest BCUT2D eigenvalue weighted by Gasteiger charge is -2.26. The molecule has 0 saturated carbocycles. The fraction of sp³-hybridized carbons (Fsp3) is 0.462. The van der Waals surface area contributed by atoms with Crippen LogP contribution in [0.1, 0.15) is 37.3 Å². The van der Waals surface area contributed by atoms with E-state index in [1.165, 1.54) is 11.1 Å². The Hall–Kier alpha value is -0.630. The molecule has 2 rings (SSSR count). The van der Waals surface area contributed by atoms with E-state index in [2.05, 4.69) is 34.1 Å². The van der Waals surface area contributed by atoms with Crippen molar-refractivity contribution in [3.05, 3.63) is 33.8 Å². The van der Waals surface area contributed by atoms with Crippen molar-refractivity contribution in [1.82, 2.24) is 0 Å². The number of carbonyl (C=O) groups is 1. The lowest BCUT2D eigenvalue weighted by atomic mass is 9.77. The second-order valence-corrected chi connectivity index (χ2v) is 5.79. The molecule has 1 aliphatic carbocycles. The predicted octanol–water partition coefficient (Wildman–Crippen LogP) is 3.70. The van der Waals surface area contributed by atoms with Gasteiger partial charge in [-0.2, -0.15) is 0 Å². The molecule has 1 aromatic carbocycles. The summed E-state index contributed by atoms with van der Waals surface area (Å²) in [5.74, 6) is 0.387. The first-order valence-electron chi connectivity index (χ1n) is 5.29. The zero-order valence-electron chi connectivity index (χ0n) is 9.09. The summed E-state index contributed by atoms with van der Waals surface area (Å²) in [6, 6.07) is 6.40. The highest BCUT2D eigenvalue weighted by Gasteiger charge is 2.35. The number of aryl methyl sites for hydroxylation is 1. The van der Waals surface area contributed by atoms with Gasteiger partial charge in [-0.15, -0.1) is 0 Å². The van der Waals surface area contributed by atoms with Crippen LogP contribution in [0, 0.1) is 5.41 Å². The molecule has 0 spiro atoms. The van der Waals surface area contributed by atoms with Crippen molar-refractivity contribution in [3.63, 3.8) is 0 Å². The molecule has 0 N–H and O–H groups in total. The maximum absolute atomic E-state index is 11.1. The highest BCUT2D eigenvalue weighted by Crippen LogP contribution is 2.44. The van der Waals surface area contributed by atoms with Crippen molar-refractivity contribution in [2.24, 2.45) is 5.41 Å². The molecule has 0 aliphatic heterocycles. The molecule has 0 heterocycles. The molecule has 15 heavy (non-hydrogen) atoms. The van der Waals surface area contributed by atoms with Crippen molar-refractivity contribution in [2.45, 2.75) is 32.6 Å². The Morgan fingerprint density at radius 2 is 2.20 bits per heavy atom. The molecule has 0 bridgehead atoms.